The van der Waals surface area contributed by atoms with Gasteiger partial charge in [-0.25, -0.2) is 0 Å². The van der Waals surface area contributed by atoms with Crippen LogP contribution in [0.5, 0.6) is 17.2 Å². The third kappa shape index (κ3) is 7.16. The van der Waals surface area contributed by atoms with Crippen LogP contribution in [0.1, 0.15) is 48.9 Å². The summed E-state index contributed by atoms with van der Waals surface area (Å²) in [6.07, 6.45) is 5.80. The Labute approximate surface area is 219 Å². The summed E-state index contributed by atoms with van der Waals surface area (Å²) in [5.74, 6) is 1.41. The van der Waals surface area contributed by atoms with Gasteiger partial charge in [-0.1, -0.05) is 49.9 Å². The molecular formula is C29H38N2O6. The van der Waals surface area contributed by atoms with E-state index in [4.69, 9.17) is 18.9 Å². The summed E-state index contributed by atoms with van der Waals surface area (Å²) in [6, 6.07) is 14.6. The molecule has 0 N–H and O–H groups in total. The van der Waals surface area contributed by atoms with E-state index >= 15 is 0 Å². The van der Waals surface area contributed by atoms with Crippen molar-refractivity contribution in [3.05, 3.63) is 54.1 Å². The molecule has 2 aromatic rings. The minimum absolute atomic E-state index is 0.0590. The van der Waals surface area contributed by atoms with Gasteiger partial charge >= 0.3 is 0 Å². The van der Waals surface area contributed by atoms with Crippen molar-refractivity contribution in [1.82, 2.24) is 9.80 Å². The molecule has 0 bridgehead atoms. The Morgan fingerprint density at radius 2 is 1.59 bits per heavy atom. The first-order valence-electron chi connectivity index (χ1n) is 13.2. The number of hydrogen-bond acceptors (Lipinski definition) is 6. The van der Waals surface area contributed by atoms with Crippen molar-refractivity contribution in [3.63, 3.8) is 0 Å². The second kappa shape index (κ2) is 13.3. The zero-order valence-electron chi connectivity index (χ0n) is 21.9. The number of benzene rings is 2. The first-order chi connectivity index (χ1) is 18.1. The highest BCUT2D eigenvalue weighted by molar-refractivity contribution is 5.96. The second-order valence-corrected chi connectivity index (χ2v) is 9.65. The van der Waals surface area contributed by atoms with Crippen LogP contribution in [0.15, 0.2) is 48.5 Å². The minimum atomic E-state index is -0.387. The molecule has 0 aromatic heterocycles. The molecule has 2 atom stereocenters. The number of likely N-dealkylation sites (tertiary alicyclic amines) is 1. The largest absolute Gasteiger partial charge is 0.493 e. The first-order valence-corrected chi connectivity index (χ1v) is 13.2. The molecule has 0 saturated carbocycles. The monoisotopic (exact) mass is 510 g/mol. The van der Waals surface area contributed by atoms with Gasteiger partial charge in [0.15, 0.2) is 18.1 Å². The van der Waals surface area contributed by atoms with Crippen LogP contribution >= 0.6 is 0 Å². The first kappa shape index (κ1) is 26.8. The fourth-order valence-electron chi connectivity index (χ4n) is 4.80. The molecule has 0 radical (unpaired) electrons. The van der Waals surface area contributed by atoms with E-state index in [9.17, 15) is 9.59 Å². The number of carbonyl (C=O) groups is 2. The van der Waals surface area contributed by atoms with Crippen molar-refractivity contribution >= 4 is 11.8 Å². The fraction of sp³-hybridized carbons (Fsp3) is 0.517. The zero-order chi connectivity index (χ0) is 26.0. The normalized spacial score (nSPS) is 21.5. The third-order valence-electron chi connectivity index (χ3n) is 6.95. The molecule has 4 rings (SSSR count). The lowest BCUT2D eigenvalue weighted by Crippen LogP contribution is -2.35. The molecule has 0 aliphatic carbocycles. The van der Waals surface area contributed by atoms with E-state index in [1.54, 1.807) is 35.1 Å². The highest BCUT2D eigenvalue weighted by atomic mass is 16.5. The van der Waals surface area contributed by atoms with Crippen molar-refractivity contribution in [3.8, 4) is 17.2 Å². The summed E-state index contributed by atoms with van der Waals surface area (Å²) >= 11 is 0. The maximum absolute atomic E-state index is 13.2. The van der Waals surface area contributed by atoms with Crippen molar-refractivity contribution in [1.29, 1.82) is 0 Å². The minimum Gasteiger partial charge on any atom is -0.493 e. The Bertz CT molecular complexity index is 1040. The molecule has 2 amide bonds. The lowest BCUT2D eigenvalue weighted by molar-refractivity contribution is -0.132. The molecule has 0 unspecified atom stereocenters. The molecule has 2 aromatic carbocycles. The van der Waals surface area contributed by atoms with Crippen LogP contribution in [0.25, 0.3) is 0 Å². The van der Waals surface area contributed by atoms with Crippen LogP contribution in [-0.2, 0) is 9.53 Å². The number of rotatable bonds is 4. The van der Waals surface area contributed by atoms with Crippen LogP contribution < -0.4 is 14.2 Å². The Morgan fingerprint density at radius 3 is 2.41 bits per heavy atom. The lowest BCUT2D eigenvalue weighted by atomic mass is 10.1. The number of para-hydroxylation sites is 3. The van der Waals surface area contributed by atoms with Crippen molar-refractivity contribution in [2.45, 2.75) is 50.7 Å². The van der Waals surface area contributed by atoms with E-state index in [2.05, 4.69) is 0 Å². The van der Waals surface area contributed by atoms with E-state index in [-0.39, 0.29) is 30.6 Å². The SMILES string of the molecule is COc1ccccc1OCC(=O)N1C[C@H]2OCCCCCCCCN(C)C(=O)c3ccccc3O[C@@H]2C1. The van der Waals surface area contributed by atoms with E-state index in [0.717, 1.165) is 45.1 Å². The van der Waals surface area contributed by atoms with Crippen LogP contribution in [0, 0.1) is 0 Å². The molecule has 8 nitrogen and oxygen atoms in total. The number of methoxy groups -OCH3 is 1. The van der Waals surface area contributed by atoms with Gasteiger partial charge in [0.2, 0.25) is 0 Å². The van der Waals surface area contributed by atoms with Gasteiger partial charge < -0.3 is 28.7 Å². The quantitative estimate of drug-likeness (QED) is 0.614. The number of hydrogen-bond donors (Lipinski definition) is 0. The Morgan fingerprint density at radius 1 is 0.919 bits per heavy atom. The zero-order valence-corrected chi connectivity index (χ0v) is 21.9. The summed E-state index contributed by atoms with van der Waals surface area (Å²) in [7, 11) is 3.41. The summed E-state index contributed by atoms with van der Waals surface area (Å²) < 4.78 is 23.7. The van der Waals surface area contributed by atoms with E-state index in [0.29, 0.717) is 42.5 Å². The number of ether oxygens (including phenoxy) is 4. The molecule has 1 fully saturated rings. The predicted octanol–water partition coefficient (Wildman–Crippen LogP) is 4.18. The van der Waals surface area contributed by atoms with Crippen LogP contribution in [-0.4, -0.2) is 80.8 Å². The van der Waals surface area contributed by atoms with Crippen molar-refractivity contribution < 1.29 is 28.5 Å². The van der Waals surface area contributed by atoms with Gasteiger partial charge in [0, 0.05) is 20.2 Å². The average Bonchev–Trinajstić information content (AvgIpc) is 3.32. The van der Waals surface area contributed by atoms with Gasteiger partial charge in [0.05, 0.1) is 25.8 Å². The molecule has 2 heterocycles. The predicted molar refractivity (Wildman–Crippen MR) is 140 cm³/mol. The summed E-state index contributed by atoms with van der Waals surface area (Å²) in [5.41, 5.74) is 0.528. The number of amides is 2. The van der Waals surface area contributed by atoms with Crippen molar-refractivity contribution in [2.24, 2.45) is 0 Å². The molecular weight excluding hydrogens is 472 g/mol. The molecule has 2 aliphatic heterocycles. The molecule has 1 saturated heterocycles. The topological polar surface area (TPSA) is 77.5 Å². The van der Waals surface area contributed by atoms with E-state index < -0.39 is 0 Å². The maximum Gasteiger partial charge on any atom is 0.260 e. The Kier molecular flexibility index (Phi) is 9.65. The molecule has 200 valence electrons. The highest BCUT2D eigenvalue weighted by Gasteiger charge is 2.38. The van der Waals surface area contributed by atoms with Crippen LogP contribution in [0.2, 0.25) is 0 Å². The average molecular weight is 511 g/mol. The Hall–Kier alpha value is -3.26. The Balaban J connectivity index is 1.47. The number of carbonyl (C=O) groups excluding carboxylic acids is 2. The standard InChI is InChI=1S/C29H38N2O6/c1-30-17-11-5-3-4-6-12-18-35-26-19-31(28(32)21-36-25-16-10-9-15-24(25)34-2)20-27(26)37-23-14-8-7-13-22(23)29(30)33/h7-10,13-16,26-27H,3-6,11-12,17-21H2,1-2H3/t26-,27-/m1/s1. The summed E-state index contributed by atoms with van der Waals surface area (Å²) in [6.45, 7) is 2.00. The molecule has 2 aliphatic rings. The molecule has 0 spiro atoms. The van der Waals surface area contributed by atoms with E-state index in [1.807, 2.05) is 37.4 Å². The van der Waals surface area contributed by atoms with Gasteiger partial charge in [0.1, 0.15) is 18.0 Å². The maximum atomic E-state index is 13.2. The number of nitrogens with zero attached hydrogens (tertiary/aromatic N) is 2. The van der Waals surface area contributed by atoms with Gasteiger partial charge in [-0.3, -0.25) is 9.59 Å². The van der Waals surface area contributed by atoms with Gasteiger partial charge in [0.25, 0.3) is 11.8 Å². The van der Waals surface area contributed by atoms with Gasteiger partial charge in [-0.15, -0.1) is 0 Å². The van der Waals surface area contributed by atoms with Crippen LogP contribution in [0.4, 0.5) is 0 Å². The van der Waals surface area contributed by atoms with Crippen molar-refractivity contribution in [2.75, 3.05) is 47.0 Å². The van der Waals surface area contributed by atoms with E-state index in [1.165, 1.54) is 0 Å². The molecule has 8 heteroatoms. The van der Waals surface area contributed by atoms with Crippen LogP contribution in [0.3, 0.4) is 0 Å². The van der Waals surface area contributed by atoms with Gasteiger partial charge in [-0.2, -0.15) is 0 Å². The summed E-state index contributed by atoms with van der Waals surface area (Å²) in [5, 5.41) is 0. The third-order valence-corrected chi connectivity index (χ3v) is 6.95. The lowest BCUT2D eigenvalue weighted by Gasteiger charge is -2.24. The number of fused-ring (bicyclic) bond motifs is 2. The smallest absolute Gasteiger partial charge is 0.260 e. The molecule has 37 heavy (non-hydrogen) atoms. The van der Waals surface area contributed by atoms with Gasteiger partial charge in [-0.05, 0) is 37.1 Å². The summed E-state index contributed by atoms with van der Waals surface area (Å²) in [4.78, 5) is 29.7. The highest BCUT2D eigenvalue weighted by Crippen LogP contribution is 2.28. The second-order valence-electron chi connectivity index (χ2n) is 9.65. The fourth-order valence-corrected chi connectivity index (χ4v) is 4.80.